The average molecular weight is 205 g/mol. The van der Waals surface area contributed by atoms with Gasteiger partial charge in [-0.2, -0.15) is 0 Å². The van der Waals surface area contributed by atoms with Crippen molar-refractivity contribution < 1.29 is 0 Å². The standard InChI is InChI=1S/C10H11N3S/c1-7-9(6-11)13-10(14-7)8-2-4-12-5-3-8/h2-5H,6,11H2,1H3. The number of thiazole rings is 1. The summed E-state index contributed by atoms with van der Waals surface area (Å²) in [5, 5.41) is 1.02. The fraction of sp³-hybridized carbons (Fsp3) is 0.200. The number of hydrogen-bond donors (Lipinski definition) is 1. The molecule has 2 aromatic rings. The van der Waals surface area contributed by atoms with Gasteiger partial charge in [-0.25, -0.2) is 4.98 Å². The topological polar surface area (TPSA) is 51.8 Å². The average Bonchev–Trinajstić information content (AvgIpc) is 2.61. The van der Waals surface area contributed by atoms with Crippen LogP contribution in [-0.2, 0) is 6.54 Å². The predicted molar refractivity (Wildman–Crippen MR) is 58.0 cm³/mol. The lowest BCUT2D eigenvalue weighted by Crippen LogP contribution is -1.97. The maximum atomic E-state index is 5.57. The summed E-state index contributed by atoms with van der Waals surface area (Å²) >= 11 is 1.67. The zero-order valence-corrected chi connectivity index (χ0v) is 8.71. The van der Waals surface area contributed by atoms with E-state index < -0.39 is 0 Å². The smallest absolute Gasteiger partial charge is 0.124 e. The van der Waals surface area contributed by atoms with E-state index >= 15 is 0 Å². The molecule has 2 heterocycles. The number of aromatic nitrogens is 2. The number of rotatable bonds is 2. The van der Waals surface area contributed by atoms with Crippen molar-refractivity contribution in [1.29, 1.82) is 0 Å². The lowest BCUT2D eigenvalue weighted by atomic mass is 10.3. The van der Waals surface area contributed by atoms with Crippen LogP contribution in [0, 0.1) is 6.92 Å². The Morgan fingerprint density at radius 3 is 2.64 bits per heavy atom. The maximum absolute atomic E-state index is 5.57. The number of nitrogens with two attached hydrogens (primary N) is 1. The van der Waals surface area contributed by atoms with Crippen LogP contribution in [0.25, 0.3) is 10.6 Å². The number of nitrogens with zero attached hydrogens (tertiary/aromatic N) is 2. The van der Waals surface area contributed by atoms with Gasteiger partial charge in [0.1, 0.15) is 5.01 Å². The highest BCUT2D eigenvalue weighted by Gasteiger charge is 2.07. The highest BCUT2D eigenvalue weighted by Crippen LogP contribution is 2.26. The molecule has 0 aliphatic carbocycles. The fourth-order valence-electron chi connectivity index (χ4n) is 1.24. The Bertz CT molecular complexity index is 422. The molecule has 0 aromatic carbocycles. The molecule has 0 aliphatic heterocycles. The summed E-state index contributed by atoms with van der Waals surface area (Å²) in [4.78, 5) is 9.63. The summed E-state index contributed by atoms with van der Waals surface area (Å²) in [6, 6.07) is 3.91. The third-order valence-electron chi connectivity index (χ3n) is 2.01. The van der Waals surface area contributed by atoms with Crippen LogP contribution in [0.5, 0.6) is 0 Å². The van der Waals surface area contributed by atoms with Crippen molar-refractivity contribution in [1.82, 2.24) is 9.97 Å². The van der Waals surface area contributed by atoms with Crippen molar-refractivity contribution >= 4 is 11.3 Å². The Hall–Kier alpha value is -1.26. The van der Waals surface area contributed by atoms with E-state index in [9.17, 15) is 0 Å². The van der Waals surface area contributed by atoms with E-state index in [1.54, 1.807) is 23.7 Å². The molecular formula is C10H11N3S. The van der Waals surface area contributed by atoms with Gasteiger partial charge in [0.15, 0.2) is 0 Å². The summed E-state index contributed by atoms with van der Waals surface area (Å²) in [5.41, 5.74) is 7.67. The molecule has 0 saturated heterocycles. The molecule has 2 N–H and O–H groups in total. The van der Waals surface area contributed by atoms with Crippen LogP contribution in [-0.4, -0.2) is 9.97 Å². The summed E-state index contributed by atoms with van der Waals surface area (Å²) < 4.78 is 0. The van der Waals surface area contributed by atoms with Crippen LogP contribution in [0.3, 0.4) is 0 Å². The number of aryl methyl sites for hydroxylation is 1. The maximum Gasteiger partial charge on any atom is 0.124 e. The molecule has 2 rings (SSSR count). The van der Waals surface area contributed by atoms with Gasteiger partial charge in [-0.1, -0.05) is 0 Å². The second kappa shape index (κ2) is 3.86. The Kier molecular flexibility index (Phi) is 2.56. The summed E-state index contributed by atoms with van der Waals surface area (Å²) in [6.07, 6.45) is 3.54. The van der Waals surface area contributed by atoms with E-state index in [1.165, 1.54) is 4.88 Å². The molecule has 0 unspecified atom stereocenters. The van der Waals surface area contributed by atoms with Crippen molar-refractivity contribution in [2.75, 3.05) is 0 Å². The largest absolute Gasteiger partial charge is 0.325 e. The monoisotopic (exact) mass is 205 g/mol. The van der Waals surface area contributed by atoms with E-state index in [0.717, 1.165) is 16.3 Å². The van der Waals surface area contributed by atoms with Gasteiger partial charge in [-0.3, -0.25) is 4.98 Å². The molecule has 3 nitrogen and oxygen atoms in total. The SMILES string of the molecule is Cc1sc(-c2ccncc2)nc1CN. The molecule has 0 atom stereocenters. The van der Waals surface area contributed by atoms with E-state index in [0.29, 0.717) is 6.54 Å². The van der Waals surface area contributed by atoms with Gasteiger partial charge in [0, 0.05) is 29.4 Å². The summed E-state index contributed by atoms with van der Waals surface area (Å²) in [7, 11) is 0. The number of hydrogen-bond acceptors (Lipinski definition) is 4. The highest BCUT2D eigenvalue weighted by atomic mass is 32.1. The van der Waals surface area contributed by atoms with Crippen molar-refractivity contribution in [2.45, 2.75) is 13.5 Å². The molecule has 0 amide bonds. The van der Waals surface area contributed by atoms with E-state index in [2.05, 4.69) is 9.97 Å². The van der Waals surface area contributed by atoms with Gasteiger partial charge in [0.05, 0.1) is 5.69 Å². The first-order valence-corrected chi connectivity index (χ1v) is 5.19. The highest BCUT2D eigenvalue weighted by molar-refractivity contribution is 7.15. The van der Waals surface area contributed by atoms with Crippen molar-refractivity contribution in [3.05, 3.63) is 35.1 Å². The van der Waals surface area contributed by atoms with Crippen LogP contribution in [0.1, 0.15) is 10.6 Å². The molecule has 0 fully saturated rings. The molecule has 4 heteroatoms. The minimum absolute atomic E-state index is 0.507. The first kappa shape index (κ1) is 9.30. The van der Waals surface area contributed by atoms with Crippen LogP contribution < -0.4 is 5.73 Å². The predicted octanol–water partition coefficient (Wildman–Crippen LogP) is 1.97. The second-order valence-electron chi connectivity index (χ2n) is 2.96. The molecule has 14 heavy (non-hydrogen) atoms. The van der Waals surface area contributed by atoms with E-state index in [-0.39, 0.29) is 0 Å². The molecule has 0 bridgehead atoms. The van der Waals surface area contributed by atoms with Gasteiger partial charge < -0.3 is 5.73 Å². The fourth-order valence-corrected chi connectivity index (χ4v) is 2.18. The first-order valence-electron chi connectivity index (χ1n) is 4.38. The zero-order chi connectivity index (χ0) is 9.97. The third kappa shape index (κ3) is 1.66. The molecule has 2 aromatic heterocycles. The van der Waals surface area contributed by atoms with Crippen molar-refractivity contribution in [3.63, 3.8) is 0 Å². The Balaban J connectivity index is 2.43. The molecule has 72 valence electrons. The first-order chi connectivity index (χ1) is 6.81. The van der Waals surface area contributed by atoms with Gasteiger partial charge >= 0.3 is 0 Å². The van der Waals surface area contributed by atoms with E-state index in [4.69, 9.17) is 5.73 Å². The summed E-state index contributed by atoms with van der Waals surface area (Å²) in [6.45, 7) is 2.55. The minimum atomic E-state index is 0.507. The lowest BCUT2D eigenvalue weighted by molar-refractivity contribution is 0.998. The Labute approximate surface area is 86.6 Å². The van der Waals surface area contributed by atoms with Crippen LogP contribution in [0.2, 0.25) is 0 Å². The van der Waals surface area contributed by atoms with Gasteiger partial charge in [0.2, 0.25) is 0 Å². The second-order valence-corrected chi connectivity index (χ2v) is 4.17. The lowest BCUT2D eigenvalue weighted by Gasteiger charge is -1.92. The molecule has 0 radical (unpaired) electrons. The normalized spacial score (nSPS) is 10.4. The van der Waals surface area contributed by atoms with Crippen LogP contribution in [0.4, 0.5) is 0 Å². The summed E-state index contributed by atoms with van der Waals surface area (Å²) in [5.74, 6) is 0. The Morgan fingerprint density at radius 2 is 2.07 bits per heavy atom. The van der Waals surface area contributed by atoms with Crippen LogP contribution in [0.15, 0.2) is 24.5 Å². The molecule has 0 saturated carbocycles. The van der Waals surface area contributed by atoms with Gasteiger partial charge in [-0.15, -0.1) is 11.3 Å². The van der Waals surface area contributed by atoms with Gasteiger partial charge in [0.25, 0.3) is 0 Å². The van der Waals surface area contributed by atoms with Gasteiger partial charge in [-0.05, 0) is 19.1 Å². The number of pyridine rings is 1. The Morgan fingerprint density at radius 1 is 1.36 bits per heavy atom. The molecular weight excluding hydrogens is 194 g/mol. The van der Waals surface area contributed by atoms with Crippen molar-refractivity contribution in [3.8, 4) is 10.6 Å². The third-order valence-corrected chi connectivity index (χ3v) is 3.08. The minimum Gasteiger partial charge on any atom is -0.325 e. The van der Waals surface area contributed by atoms with Crippen molar-refractivity contribution in [2.24, 2.45) is 5.73 Å². The zero-order valence-electron chi connectivity index (χ0n) is 7.90. The van der Waals surface area contributed by atoms with E-state index in [1.807, 2.05) is 19.1 Å². The quantitative estimate of drug-likeness (QED) is 0.815. The molecule has 0 aliphatic rings. The molecule has 0 spiro atoms. The van der Waals surface area contributed by atoms with Crippen LogP contribution >= 0.6 is 11.3 Å².